The SMILES string of the molecule is CCC1COC(C)CN1c1ncccc1CO. The summed E-state index contributed by atoms with van der Waals surface area (Å²) in [6, 6.07) is 4.14. The van der Waals surface area contributed by atoms with Gasteiger partial charge in [0.2, 0.25) is 0 Å². The second-order valence-corrected chi connectivity index (χ2v) is 4.50. The summed E-state index contributed by atoms with van der Waals surface area (Å²) >= 11 is 0. The zero-order chi connectivity index (χ0) is 12.3. The fourth-order valence-electron chi connectivity index (χ4n) is 2.25. The topological polar surface area (TPSA) is 45.6 Å². The van der Waals surface area contributed by atoms with Crippen molar-refractivity contribution in [1.82, 2.24) is 4.98 Å². The summed E-state index contributed by atoms with van der Waals surface area (Å²) in [5, 5.41) is 9.38. The molecule has 4 nitrogen and oxygen atoms in total. The van der Waals surface area contributed by atoms with E-state index in [9.17, 15) is 5.11 Å². The van der Waals surface area contributed by atoms with E-state index < -0.39 is 0 Å². The van der Waals surface area contributed by atoms with Gasteiger partial charge in [-0.1, -0.05) is 13.0 Å². The van der Waals surface area contributed by atoms with Crippen LogP contribution >= 0.6 is 0 Å². The largest absolute Gasteiger partial charge is 0.392 e. The maximum Gasteiger partial charge on any atom is 0.134 e. The lowest BCUT2D eigenvalue weighted by Gasteiger charge is -2.39. The number of aliphatic hydroxyl groups is 1. The third kappa shape index (κ3) is 2.58. The summed E-state index contributed by atoms with van der Waals surface area (Å²) in [5.74, 6) is 0.900. The predicted octanol–water partition coefficient (Wildman–Crippen LogP) is 1.58. The molecule has 1 fully saturated rings. The third-order valence-electron chi connectivity index (χ3n) is 3.25. The number of pyridine rings is 1. The van der Waals surface area contributed by atoms with Gasteiger partial charge in [-0.3, -0.25) is 0 Å². The van der Waals surface area contributed by atoms with Gasteiger partial charge < -0.3 is 14.7 Å². The maximum atomic E-state index is 9.38. The highest BCUT2D eigenvalue weighted by atomic mass is 16.5. The Labute approximate surface area is 102 Å². The van der Waals surface area contributed by atoms with E-state index in [1.165, 1.54) is 0 Å². The van der Waals surface area contributed by atoms with Gasteiger partial charge in [0.15, 0.2) is 0 Å². The molecule has 0 amide bonds. The molecule has 2 heterocycles. The molecule has 94 valence electrons. The summed E-state index contributed by atoms with van der Waals surface area (Å²) in [7, 11) is 0. The van der Waals surface area contributed by atoms with Crippen molar-refractivity contribution in [2.45, 2.75) is 39.0 Å². The number of aliphatic hydroxyl groups excluding tert-OH is 1. The lowest BCUT2D eigenvalue weighted by Crippen LogP contribution is -2.49. The van der Waals surface area contributed by atoms with Gasteiger partial charge in [-0.25, -0.2) is 4.98 Å². The van der Waals surface area contributed by atoms with E-state index in [1.807, 2.05) is 12.1 Å². The number of nitrogens with zero attached hydrogens (tertiary/aromatic N) is 2. The zero-order valence-corrected chi connectivity index (χ0v) is 10.5. The van der Waals surface area contributed by atoms with E-state index in [-0.39, 0.29) is 12.7 Å². The molecule has 0 radical (unpaired) electrons. The molecule has 0 bridgehead atoms. The molecule has 17 heavy (non-hydrogen) atoms. The first-order chi connectivity index (χ1) is 8.26. The van der Waals surface area contributed by atoms with Crippen LogP contribution in [0.5, 0.6) is 0 Å². The van der Waals surface area contributed by atoms with Crippen molar-refractivity contribution < 1.29 is 9.84 Å². The van der Waals surface area contributed by atoms with Crippen LogP contribution in [0.2, 0.25) is 0 Å². The number of anilines is 1. The quantitative estimate of drug-likeness (QED) is 0.865. The van der Waals surface area contributed by atoms with Gasteiger partial charge >= 0.3 is 0 Å². The van der Waals surface area contributed by atoms with E-state index in [0.717, 1.165) is 31.0 Å². The van der Waals surface area contributed by atoms with Crippen LogP contribution in [0.1, 0.15) is 25.8 Å². The Morgan fingerprint density at radius 1 is 1.59 bits per heavy atom. The molecule has 1 N–H and O–H groups in total. The van der Waals surface area contributed by atoms with Gasteiger partial charge in [-0.2, -0.15) is 0 Å². The second-order valence-electron chi connectivity index (χ2n) is 4.50. The molecule has 0 aliphatic carbocycles. The third-order valence-corrected chi connectivity index (χ3v) is 3.25. The Morgan fingerprint density at radius 2 is 2.41 bits per heavy atom. The highest BCUT2D eigenvalue weighted by Gasteiger charge is 2.27. The first-order valence-corrected chi connectivity index (χ1v) is 6.19. The summed E-state index contributed by atoms with van der Waals surface area (Å²) in [4.78, 5) is 6.68. The van der Waals surface area contributed by atoms with Crippen LogP contribution < -0.4 is 4.90 Å². The van der Waals surface area contributed by atoms with Crippen molar-refractivity contribution in [3.63, 3.8) is 0 Å². The molecule has 1 aliphatic rings. The van der Waals surface area contributed by atoms with Crippen LogP contribution in [0, 0.1) is 0 Å². The first-order valence-electron chi connectivity index (χ1n) is 6.19. The van der Waals surface area contributed by atoms with E-state index in [0.29, 0.717) is 6.04 Å². The monoisotopic (exact) mass is 236 g/mol. The van der Waals surface area contributed by atoms with Crippen LogP contribution in [0.4, 0.5) is 5.82 Å². The normalized spacial score (nSPS) is 25.0. The fraction of sp³-hybridized carbons (Fsp3) is 0.615. The Hall–Kier alpha value is -1.13. The summed E-state index contributed by atoms with van der Waals surface area (Å²) in [6.07, 6.45) is 3.02. The van der Waals surface area contributed by atoms with Crippen LogP contribution in [-0.4, -0.2) is 35.4 Å². The van der Waals surface area contributed by atoms with Gasteiger partial charge in [0.05, 0.1) is 25.4 Å². The standard InChI is InChI=1S/C13H20N2O2/c1-3-12-9-17-10(2)7-15(12)13-11(8-16)5-4-6-14-13/h4-6,10,12,16H,3,7-9H2,1-2H3. The van der Waals surface area contributed by atoms with Crippen molar-refractivity contribution in [1.29, 1.82) is 0 Å². The first kappa shape index (κ1) is 12.3. The van der Waals surface area contributed by atoms with Gasteiger partial charge in [0, 0.05) is 18.3 Å². The highest BCUT2D eigenvalue weighted by Crippen LogP contribution is 2.24. The molecule has 2 atom stereocenters. The van der Waals surface area contributed by atoms with Crippen molar-refractivity contribution in [2.24, 2.45) is 0 Å². The van der Waals surface area contributed by atoms with Crippen LogP contribution in [0.25, 0.3) is 0 Å². The van der Waals surface area contributed by atoms with Crippen molar-refractivity contribution in [3.05, 3.63) is 23.9 Å². The molecule has 1 saturated heterocycles. The Bertz CT molecular complexity index is 370. The minimum absolute atomic E-state index is 0.0331. The van der Waals surface area contributed by atoms with Gasteiger partial charge in [0.25, 0.3) is 0 Å². The highest BCUT2D eigenvalue weighted by molar-refractivity contribution is 5.48. The molecule has 4 heteroatoms. The van der Waals surface area contributed by atoms with Crippen LogP contribution in [0.15, 0.2) is 18.3 Å². The fourth-order valence-corrected chi connectivity index (χ4v) is 2.25. The number of hydrogen-bond acceptors (Lipinski definition) is 4. The number of morpholine rings is 1. The van der Waals surface area contributed by atoms with Crippen molar-refractivity contribution in [3.8, 4) is 0 Å². The van der Waals surface area contributed by atoms with Crippen LogP contribution in [-0.2, 0) is 11.3 Å². The maximum absolute atomic E-state index is 9.38. The number of rotatable bonds is 3. The van der Waals surface area contributed by atoms with Crippen LogP contribution in [0.3, 0.4) is 0 Å². The molecular formula is C13H20N2O2. The van der Waals surface area contributed by atoms with E-state index in [1.54, 1.807) is 6.20 Å². The average molecular weight is 236 g/mol. The van der Waals surface area contributed by atoms with Crippen molar-refractivity contribution in [2.75, 3.05) is 18.1 Å². The molecular weight excluding hydrogens is 216 g/mol. The van der Waals surface area contributed by atoms with E-state index in [2.05, 4.69) is 23.7 Å². The summed E-state index contributed by atoms with van der Waals surface area (Å²) < 4.78 is 5.67. The van der Waals surface area contributed by atoms with Gasteiger partial charge in [0.1, 0.15) is 5.82 Å². The molecule has 1 aromatic rings. The number of aromatic nitrogens is 1. The molecule has 1 aromatic heterocycles. The zero-order valence-electron chi connectivity index (χ0n) is 10.5. The Morgan fingerprint density at radius 3 is 3.12 bits per heavy atom. The predicted molar refractivity (Wildman–Crippen MR) is 67.0 cm³/mol. The molecule has 0 spiro atoms. The second kappa shape index (κ2) is 5.47. The van der Waals surface area contributed by atoms with E-state index >= 15 is 0 Å². The van der Waals surface area contributed by atoms with Gasteiger partial charge in [-0.05, 0) is 19.4 Å². The van der Waals surface area contributed by atoms with E-state index in [4.69, 9.17) is 4.74 Å². The molecule has 2 unspecified atom stereocenters. The smallest absolute Gasteiger partial charge is 0.134 e. The number of hydrogen-bond donors (Lipinski definition) is 1. The molecule has 0 saturated carbocycles. The Kier molecular flexibility index (Phi) is 3.97. The minimum Gasteiger partial charge on any atom is -0.392 e. The molecule has 0 aromatic carbocycles. The van der Waals surface area contributed by atoms with Crippen molar-refractivity contribution >= 4 is 5.82 Å². The number of ether oxygens (including phenoxy) is 1. The molecule has 1 aliphatic heterocycles. The summed E-state index contributed by atoms with van der Waals surface area (Å²) in [6.45, 7) is 5.83. The van der Waals surface area contributed by atoms with Gasteiger partial charge in [-0.15, -0.1) is 0 Å². The average Bonchev–Trinajstić information content (AvgIpc) is 2.38. The molecule has 2 rings (SSSR count). The lowest BCUT2D eigenvalue weighted by atomic mass is 10.1. The Balaban J connectivity index is 2.28. The lowest BCUT2D eigenvalue weighted by molar-refractivity contribution is 0.0294. The minimum atomic E-state index is 0.0331. The summed E-state index contributed by atoms with van der Waals surface area (Å²) in [5.41, 5.74) is 0.889.